The number of esters is 1. The molecule has 17 nitrogen and oxygen atoms in total. The third-order valence-corrected chi connectivity index (χ3v) is 13.9. The molecule has 17 heteroatoms. The molecule has 3 fully saturated rings. The summed E-state index contributed by atoms with van der Waals surface area (Å²) >= 11 is 0. The van der Waals surface area contributed by atoms with E-state index in [0.29, 0.717) is 64.1 Å². The SMILES string of the molecule is CCn1c(-c2cccnc2[C@H](C)OC)c2c3cc(ccc31)-c1cc(O)cc(c1)C[C@H](NC(=O)C(C(C)C)N(C)C(=O)N1CCN(C(=O)[C@H]3CN3)CC1)C(=O)N1CCC[C@H](N1)C(=O)OCC(C)(C)C2. The number of cyclic esters (lactones) is 1. The summed E-state index contributed by atoms with van der Waals surface area (Å²) in [5.41, 5.74) is 9.56. The Morgan fingerprint density at radius 2 is 1.75 bits per heavy atom. The van der Waals surface area contributed by atoms with Gasteiger partial charge in [0.1, 0.15) is 23.9 Å². The number of pyridine rings is 1. The van der Waals surface area contributed by atoms with Crippen LogP contribution in [0.2, 0.25) is 0 Å². The molecule has 68 heavy (non-hydrogen) atoms. The van der Waals surface area contributed by atoms with Crippen LogP contribution in [0.25, 0.3) is 33.3 Å². The minimum atomic E-state index is -1.16. The van der Waals surface area contributed by atoms with Crippen LogP contribution in [-0.4, -0.2) is 148 Å². The standard InChI is InChI=1S/C51H67N9O8/c1-9-59-42-15-14-33-26-37(42)38(45(59)36-12-10-16-52-43(36)31(4)67-8)27-51(5,6)29-68-49(65)39-13-11-17-60(55-39)48(64)40(24-32-22-34(33)25-35(61)23-32)54-46(62)44(30(2)3)56(7)50(66)58-20-18-57(19-21-58)47(63)41-28-53-41/h10,12,14-16,22-23,25-26,30-31,39-41,44,53,55,61H,9,11,13,17-21,24,27-29H2,1-8H3,(H,54,62)/t31-,39-,40-,41+,44?/m0/s1. The number of nitrogens with zero attached hydrogens (tertiary/aromatic N) is 6. The Kier molecular flexibility index (Phi) is 14.2. The highest BCUT2D eigenvalue weighted by Crippen LogP contribution is 2.42. The quantitative estimate of drug-likeness (QED) is 0.135. The van der Waals surface area contributed by atoms with E-state index in [0.717, 1.165) is 44.5 Å². The van der Waals surface area contributed by atoms with Crippen molar-refractivity contribution >= 4 is 40.6 Å². The van der Waals surface area contributed by atoms with Gasteiger partial charge in [-0.25, -0.2) is 10.2 Å². The van der Waals surface area contributed by atoms with Gasteiger partial charge in [-0.2, -0.15) is 0 Å². The zero-order valence-electron chi connectivity index (χ0n) is 40.6. The number of aryl methyl sites for hydroxylation is 1. The van der Waals surface area contributed by atoms with Gasteiger partial charge in [-0.15, -0.1) is 0 Å². The number of nitrogens with one attached hydrogen (secondary N) is 3. The molecule has 4 N–H and O–H groups in total. The number of hydrogen-bond acceptors (Lipinski definition) is 11. The Morgan fingerprint density at radius 3 is 2.44 bits per heavy atom. The molecule has 2 aromatic carbocycles. The second-order valence-electron chi connectivity index (χ2n) is 19.9. The fraction of sp³-hybridized carbons (Fsp3) is 0.529. The van der Waals surface area contributed by atoms with E-state index in [4.69, 9.17) is 14.5 Å². The van der Waals surface area contributed by atoms with Crippen LogP contribution in [0.15, 0.2) is 54.7 Å². The van der Waals surface area contributed by atoms with E-state index in [-0.39, 0.29) is 55.3 Å². The maximum Gasteiger partial charge on any atom is 0.324 e. The molecule has 6 heterocycles. The summed E-state index contributed by atoms with van der Waals surface area (Å²) in [4.78, 5) is 79.6. The van der Waals surface area contributed by atoms with Crippen LogP contribution in [0.4, 0.5) is 4.79 Å². The summed E-state index contributed by atoms with van der Waals surface area (Å²) in [6.07, 6.45) is 2.98. The number of hydrogen-bond donors (Lipinski definition) is 4. The Labute approximate surface area is 398 Å². The lowest BCUT2D eigenvalue weighted by Gasteiger charge is -2.40. The molecule has 4 aliphatic heterocycles. The first-order chi connectivity index (χ1) is 32.5. The number of aromatic hydroxyl groups is 1. The maximum atomic E-state index is 14.8. The Hall–Kier alpha value is -6.04. The van der Waals surface area contributed by atoms with Gasteiger partial charge in [-0.3, -0.25) is 29.2 Å². The average Bonchev–Trinajstić information content (AvgIpc) is 4.14. The molecule has 4 aromatic rings. The van der Waals surface area contributed by atoms with Crippen LogP contribution in [0, 0.1) is 11.3 Å². The monoisotopic (exact) mass is 934 g/mol. The summed E-state index contributed by atoms with van der Waals surface area (Å²) in [6, 6.07) is 12.0. The first-order valence-electron chi connectivity index (χ1n) is 24.0. The van der Waals surface area contributed by atoms with E-state index < -0.39 is 41.3 Å². The van der Waals surface area contributed by atoms with Crippen LogP contribution in [0.1, 0.15) is 77.3 Å². The molecule has 5 atom stereocenters. The highest BCUT2D eigenvalue weighted by atomic mass is 16.5. The number of amides is 5. The van der Waals surface area contributed by atoms with Crippen LogP contribution < -0.4 is 16.1 Å². The van der Waals surface area contributed by atoms with Crippen molar-refractivity contribution in [3.63, 3.8) is 0 Å². The largest absolute Gasteiger partial charge is 0.508 e. The van der Waals surface area contributed by atoms with E-state index in [9.17, 15) is 29.1 Å². The highest BCUT2D eigenvalue weighted by molar-refractivity contribution is 5.96. The van der Waals surface area contributed by atoms with Crippen LogP contribution in [-0.2, 0) is 48.0 Å². The van der Waals surface area contributed by atoms with Gasteiger partial charge in [-0.05, 0) is 97.7 Å². The number of phenolic OH excluding ortho intramolecular Hbond substituents is 1. The molecule has 2 aromatic heterocycles. The fourth-order valence-corrected chi connectivity index (χ4v) is 10.2. The summed E-state index contributed by atoms with van der Waals surface area (Å²) in [5, 5.41) is 19.8. The van der Waals surface area contributed by atoms with Crippen LogP contribution in [0.3, 0.4) is 0 Å². The zero-order chi connectivity index (χ0) is 48.6. The summed E-state index contributed by atoms with van der Waals surface area (Å²) in [6.45, 7) is 15.1. The number of hydrazine groups is 1. The third kappa shape index (κ3) is 10.1. The van der Waals surface area contributed by atoms with Crippen molar-refractivity contribution in [1.82, 2.24) is 45.3 Å². The van der Waals surface area contributed by atoms with Crippen molar-refractivity contribution in [2.24, 2.45) is 11.3 Å². The molecular weight excluding hydrogens is 867 g/mol. The van der Waals surface area contributed by atoms with Crippen molar-refractivity contribution in [3.05, 3.63) is 71.5 Å². The van der Waals surface area contributed by atoms with Crippen molar-refractivity contribution in [1.29, 1.82) is 0 Å². The van der Waals surface area contributed by atoms with Gasteiger partial charge in [0.15, 0.2) is 0 Å². The molecule has 8 rings (SSSR count). The van der Waals surface area contributed by atoms with Gasteiger partial charge in [0, 0.05) is 94.5 Å². The minimum Gasteiger partial charge on any atom is -0.508 e. The van der Waals surface area contributed by atoms with Crippen molar-refractivity contribution < 1.29 is 38.6 Å². The third-order valence-electron chi connectivity index (χ3n) is 13.9. The molecule has 1 unspecified atom stereocenters. The minimum absolute atomic E-state index is 0.00685. The normalized spacial score (nSPS) is 21.8. The lowest BCUT2D eigenvalue weighted by atomic mass is 9.84. The van der Waals surface area contributed by atoms with Gasteiger partial charge in [0.2, 0.25) is 11.8 Å². The molecule has 0 spiro atoms. The topological polar surface area (TPSA) is 201 Å². The predicted octanol–water partition coefficient (Wildman–Crippen LogP) is 4.64. The second-order valence-corrected chi connectivity index (χ2v) is 19.9. The number of carbonyl (C=O) groups excluding carboxylic acids is 5. The van der Waals surface area contributed by atoms with Gasteiger partial charge in [0.25, 0.3) is 5.91 Å². The van der Waals surface area contributed by atoms with Gasteiger partial charge >= 0.3 is 12.0 Å². The fourth-order valence-electron chi connectivity index (χ4n) is 10.2. The Morgan fingerprint density at radius 1 is 1.01 bits per heavy atom. The number of carbonyl (C=O) groups is 5. The number of fused-ring (bicyclic) bond motifs is 6. The smallest absolute Gasteiger partial charge is 0.324 e. The number of benzene rings is 2. The molecule has 3 saturated heterocycles. The van der Waals surface area contributed by atoms with Crippen LogP contribution in [0.5, 0.6) is 5.75 Å². The summed E-state index contributed by atoms with van der Waals surface area (Å²) < 4.78 is 14.2. The number of ether oxygens (including phenoxy) is 2. The number of urea groups is 1. The Bertz CT molecular complexity index is 2560. The lowest BCUT2D eigenvalue weighted by molar-refractivity contribution is -0.155. The van der Waals surface area contributed by atoms with E-state index in [2.05, 4.69) is 59.6 Å². The number of rotatable bonds is 9. The van der Waals surface area contributed by atoms with Crippen LogP contribution >= 0.6 is 0 Å². The summed E-state index contributed by atoms with van der Waals surface area (Å²) in [5.74, 6) is -1.79. The van der Waals surface area contributed by atoms with E-state index >= 15 is 0 Å². The maximum absolute atomic E-state index is 14.8. The zero-order valence-corrected chi connectivity index (χ0v) is 40.6. The van der Waals surface area contributed by atoms with Crippen molar-refractivity contribution in [3.8, 4) is 28.1 Å². The molecule has 0 aliphatic carbocycles. The van der Waals surface area contributed by atoms with Crippen molar-refractivity contribution in [2.45, 2.75) is 104 Å². The molecule has 4 aliphatic rings. The number of phenols is 1. The highest BCUT2D eigenvalue weighted by Gasteiger charge is 2.40. The molecule has 5 amide bonds. The van der Waals surface area contributed by atoms with E-state index in [1.807, 2.05) is 39.0 Å². The van der Waals surface area contributed by atoms with E-state index in [1.165, 1.54) is 9.91 Å². The molecule has 0 saturated carbocycles. The molecule has 0 radical (unpaired) electrons. The van der Waals surface area contributed by atoms with E-state index in [1.54, 1.807) is 42.3 Å². The predicted molar refractivity (Wildman–Crippen MR) is 257 cm³/mol. The number of methoxy groups -OCH3 is 1. The van der Waals surface area contributed by atoms with Gasteiger partial charge in [-0.1, -0.05) is 39.8 Å². The van der Waals surface area contributed by atoms with Gasteiger partial charge < -0.3 is 44.5 Å². The number of likely N-dealkylation sites (N-methyl/N-ethyl adjacent to an activating group) is 1. The second kappa shape index (κ2) is 19.9. The van der Waals surface area contributed by atoms with Gasteiger partial charge in [0.05, 0.1) is 30.1 Å². The molecule has 364 valence electrons. The molecule has 6 bridgehead atoms. The number of aromatic nitrogens is 2. The Balaban J connectivity index is 1.16. The lowest BCUT2D eigenvalue weighted by Crippen LogP contribution is -2.63. The first-order valence-corrected chi connectivity index (χ1v) is 24.0. The molecular formula is C51H67N9O8. The van der Waals surface area contributed by atoms with Crippen molar-refractivity contribution in [2.75, 3.05) is 60.0 Å². The first kappa shape index (κ1) is 48.4. The number of piperazine rings is 1. The summed E-state index contributed by atoms with van der Waals surface area (Å²) in [7, 11) is 3.26. The average molecular weight is 934 g/mol.